The number of nitrogen functional groups attached to an aromatic ring is 1. The maximum absolute atomic E-state index is 12.1. The number of alkyl halides is 4. The minimum atomic E-state index is -4.39. The van der Waals surface area contributed by atoms with E-state index >= 15 is 0 Å². The molecule has 94 valence electrons. The first-order valence-corrected chi connectivity index (χ1v) is 5.93. The van der Waals surface area contributed by atoms with Gasteiger partial charge in [-0.3, -0.25) is 4.79 Å². The quantitative estimate of drug-likeness (QED) is 0.397. The number of Topliss-reactive ketones (excluding diaryl/α,β-unsaturated/α-hetero) is 1. The first-order valence-electron chi connectivity index (χ1n) is 4.58. The van der Waals surface area contributed by atoms with E-state index in [1.54, 1.807) is 0 Å². The van der Waals surface area contributed by atoms with Crippen LogP contribution < -0.4 is 5.73 Å². The number of carbonyl (C=O) groups excluding carboxylic acids is 1. The van der Waals surface area contributed by atoms with E-state index in [2.05, 4.69) is 0 Å². The molecule has 17 heavy (non-hydrogen) atoms. The van der Waals surface area contributed by atoms with Crippen molar-refractivity contribution in [3.63, 3.8) is 0 Å². The van der Waals surface area contributed by atoms with Crippen LogP contribution in [0.3, 0.4) is 0 Å². The molecule has 0 aliphatic carbocycles. The van der Waals surface area contributed by atoms with E-state index in [9.17, 15) is 18.0 Å². The van der Waals surface area contributed by atoms with Crippen LogP contribution in [0.15, 0.2) is 23.1 Å². The van der Waals surface area contributed by atoms with E-state index in [-0.39, 0.29) is 46.0 Å². The van der Waals surface area contributed by atoms with Crippen molar-refractivity contribution in [3.05, 3.63) is 23.8 Å². The molecule has 1 rings (SSSR count). The number of nitrogens with two attached hydrogens (primary N) is 1. The van der Waals surface area contributed by atoms with Crippen molar-refractivity contribution in [2.45, 2.75) is 16.8 Å². The largest absolute Gasteiger partial charge is 0.446 e. The van der Waals surface area contributed by atoms with Crippen molar-refractivity contribution in [3.8, 4) is 0 Å². The van der Waals surface area contributed by atoms with Crippen LogP contribution in [0.2, 0.25) is 0 Å². The lowest BCUT2D eigenvalue weighted by molar-refractivity contribution is -0.0328. The van der Waals surface area contributed by atoms with Gasteiger partial charge in [0, 0.05) is 28.4 Å². The third-order valence-electron chi connectivity index (χ3n) is 1.88. The highest BCUT2D eigenvalue weighted by Gasteiger charge is 2.29. The Morgan fingerprint density at radius 3 is 2.59 bits per heavy atom. The van der Waals surface area contributed by atoms with E-state index in [0.717, 1.165) is 6.07 Å². The molecular formula is C10H9ClF3NOS. The number of benzene rings is 1. The van der Waals surface area contributed by atoms with Crippen LogP contribution in [0.1, 0.15) is 16.8 Å². The fraction of sp³-hybridized carbons (Fsp3) is 0.300. The molecule has 1 aromatic rings. The minimum absolute atomic E-state index is 0.0475. The molecule has 0 spiro atoms. The summed E-state index contributed by atoms with van der Waals surface area (Å²) in [7, 11) is 0. The summed E-state index contributed by atoms with van der Waals surface area (Å²) in [5.41, 5.74) is 1.39. The summed E-state index contributed by atoms with van der Waals surface area (Å²) in [4.78, 5) is 11.5. The van der Waals surface area contributed by atoms with Crippen molar-refractivity contribution in [1.29, 1.82) is 0 Å². The second-order valence-corrected chi connectivity index (χ2v) is 4.68. The van der Waals surface area contributed by atoms with Gasteiger partial charge in [0.1, 0.15) is 0 Å². The summed E-state index contributed by atoms with van der Waals surface area (Å²) < 4.78 is 36.4. The normalized spacial score (nSPS) is 11.5. The molecule has 0 fully saturated rings. The Bertz CT molecular complexity index is 423. The van der Waals surface area contributed by atoms with Gasteiger partial charge in [-0.25, -0.2) is 0 Å². The monoisotopic (exact) mass is 283 g/mol. The molecule has 0 saturated carbocycles. The Kier molecular flexibility index (Phi) is 4.70. The van der Waals surface area contributed by atoms with Crippen LogP contribution in [0, 0.1) is 0 Å². The molecule has 0 radical (unpaired) electrons. The number of thioether (sulfide) groups is 1. The van der Waals surface area contributed by atoms with Crippen LogP contribution in [0.4, 0.5) is 18.9 Å². The fourth-order valence-corrected chi connectivity index (χ4v) is 1.95. The van der Waals surface area contributed by atoms with Gasteiger partial charge in [-0.2, -0.15) is 13.2 Å². The lowest BCUT2D eigenvalue weighted by Crippen LogP contribution is -2.05. The SMILES string of the molecule is Nc1ccc(SC(F)(F)F)cc1C(=O)CCCl. The molecular weight excluding hydrogens is 275 g/mol. The van der Waals surface area contributed by atoms with Gasteiger partial charge in [0.15, 0.2) is 5.78 Å². The molecule has 0 aromatic heterocycles. The number of rotatable bonds is 4. The summed E-state index contributed by atoms with van der Waals surface area (Å²) in [6.45, 7) is 0. The summed E-state index contributed by atoms with van der Waals surface area (Å²) in [5, 5.41) is 0. The molecule has 1 aromatic carbocycles. The van der Waals surface area contributed by atoms with Crippen molar-refractivity contribution >= 4 is 34.8 Å². The maximum Gasteiger partial charge on any atom is 0.446 e. The van der Waals surface area contributed by atoms with E-state index in [1.807, 2.05) is 0 Å². The highest BCUT2D eigenvalue weighted by molar-refractivity contribution is 8.00. The lowest BCUT2D eigenvalue weighted by Gasteiger charge is -2.09. The van der Waals surface area contributed by atoms with E-state index in [4.69, 9.17) is 17.3 Å². The van der Waals surface area contributed by atoms with Crippen LogP contribution >= 0.6 is 23.4 Å². The number of carbonyl (C=O) groups is 1. The van der Waals surface area contributed by atoms with Crippen LogP contribution in [-0.2, 0) is 0 Å². The Morgan fingerprint density at radius 2 is 2.06 bits per heavy atom. The summed E-state index contributed by atoms with van der Waals surface area (Å²) in [6, 6.07) is 3.66. The molecule has 0 heterocycles. The third kappa shape index (κ3) is 4.47. The summed E-state index contributed by atoms with van der Waals surface area (Å²) in [5.74, 6) is -0.253. The number of anilines is 1. The molecule has 0 atom stereocenters. The summed E-state index contributed by atoms with van der Waals surface area (Å²) in [6.07, 6.45) is 0.0475. The topological polar surface area (TPSA) is 43.1 Å². The fourth-order valence-electron chi connectivity index (χ4n) is 1.19. The van der Waals surface area contributed by atoms with Crippen LogP contribution in [0.25, 0.3) is 0 Å². The first-order chi connectivity index (χ1) is 7.83. The van der Waals surface area contributed by atoms with Crippen molar-refractivity contribution in [2.24, 2.45) is 0 Å². The highest BCUT2D eigenvalue weighted by atomic mass is 35.5. The van der Waals surface area contributed by atoms with Gasteiger partial charge in [0.25, 0.3) is 0 Å². The Labute approximate surface area is 105 Å². The molecule has 0 aliphatic heterocycles. The molecule has 7 heteroatoms. The number of halogens is 4. The number of hydrogen-bond donors (Lipinski definition) is 1. The van der Waals surface area contributed by atoms with Gasteiger partial charge in [0.2, 0.25) is 0 Å². The predicted molar refractivity (Wildman–Crippen MR) is 62.4 cm³/mol. The average Bonchev–Trinajstić information content (AvgIpc) is 2.19. The van der Waals surface area contributed by atoms with Crippen molar-refractivity contribution in [1.82, 2.24) is 0 Å². The van der Waals surface area contributed by atoms with E-state index < -0.39 is 5.51 Å². The van der Waals surface area contributed by atoms with Crippen molar-refractivity contribution in [2.75, 3.05) is 11.6 Å². The predicted octanol–water partition coefficient (Wildman–Crippen LogP) is 3.69. The Hall–Kier alpha value is -0.880. The number of hydrogen-bond acceptors (Lipinski definition) is 3. The minimum Gasteiger partial charge on any atom is -0.398 e. The molecule has 0 unspecified atom stereocenters. The molecule has 0 aliphatic rings. The standard InChI is InChI=1S/C10H9ClF3NOS/c11-4-3-9(16)7-5-6(1-2-8(7)15)17-10(12,13)14/h1-2,5H,3-4,15H2. The summed E-state index contributed by atoms with van der Waals surface area (Å²) >= 11 is 5.12. The van der Waals surface area contributed by atoms with Gasteiger partial charge in [-0.05, 0) is 30.0 Å². The molecule has 0 bridgehead atoms. The zero-order valence-corrected chi connectivity index (χ0v) is 10.1. The third-order valence-corrected chi connectivity index (χ3v) is 2.79. The molecule has 0 amide bonds. The Morgan fingerprint density at radius 1 is 1.41 bits per heavy atom. The van der Waals surface area contributed by atoms with Crippen molar-refractivity contribution < 1.29 is 18.0 Å². The van der Waals surface area contributed by atoms with Crippen LogP contribution in [-0.4, -0.2) is 17.2 Å². The molecule has 2 nitrogen and oxygen atoms in total. The zero-order valence-electron chi connectivity index (χ0n) is 8.55. The van der Waals surface area contributed by atoms with Gasteiger partial charge in [-0.15, -0.1) is 11.6 Å². The lowest BCUT2D eigenvalue weighted by atomic mass is 10.1. The zero-order chi connectivity index (χ0) is 13.1. The smallest absolute Gasteiger partial charge is 0.398 e. The highest BCUT2D eigenvalue weighted by Crippen LogP contribution is 2.37. The van der Waals surface area contributed by atoms with E-state index in [0.29, 0.717) is 0 Å². The maximum atomic E-state index is 12.1. The van der Waals surface area contributed by atoms with Gasteiger partial charge < -0.3 is 5.73 Å². The van der Waals surface area contributed by atoms with Gasteiger partial charge >= 0.3 is 5.51 Å². The Balaban J connectivity index is 2.98. The molecule has 2 N–H and O–H groups in total. The molecule has 0 saturated heterocycles. The van der Waals surface area contributed by atoms with Crippen LogP contribution in [0.5, 0.6) is 0 Å². The number of ketones is 1. The van der Waals surface area contributed by atoms with Gasteiger partial charge in [-0.1, -0.05) is 0 Å². The second-order valence-electron chi connectivity index (χ2n) is 3.16. The first kappa shape index (κ1) is 14.2. The van der Waals surface area contributed by atoms with Gasteiger partial charge in [0.05, 0.1) is 0 Å². The van der Waals surface area contributed by atoms with E-state index in [1.165, 1.54) is 12.1 Å². The second kappa shape index (κ2) is 5.64. The average molecular weight is 284 g/mol.